The number of carbonyl (C=O) groups excluding carboxylic acids is 1. The lowest BCUT2D eigenvalue weighted by Crippen LogP contribution is -2.24. The fourth-order valence-electron chi connectivity index (χ4n) is 1.43. The summed E-state index contributed by atoms with van der Waals surface area (Å²) >= 11 is 0. The van der Waals surface area contributed by atoms with Crippen molar-refractivity contribution in [3.63, 3.8) is 0 Å². The standard InChI is InChI=1S/C10H14N6O2/c1-3-16-5-7(11)9(14-16)10(17)12-4-8-13-6(2)15-18-8/h5H,3-4,11H2,1-2H3,(H,12,17). The highest BCUT2D eigenvalue weighted by atomic mass is 16.5. The molecule has 2 rings (SSSR count). The zero-order valence-electron chi connectivity index (χ0n) is 10.2. The molecule has 0 spiro atoms. The molecule has 0 unspecified atom stereocenters. The molecular weight excluding hydrogens is 236 g/mol. The van der Waals surface area contributed by atoms with Crippen LogP contribution in [0.1, 0.15) is 29.1 Å². The topological polar surface area (TPSA) is 112 Å². The van der Waals surface area contributed by atoms with E-state index in [-0.39, 0.29) is 18.1 Å². The third-order valence-electron chi connectivity index (χ3n) is 2.30. The maximum absolute atomic E-state index is 11.8. The predicted octanol–water partition coefficient (Wildman–Crippen LogP) is 0.107. The summed E-state index contributed by atoms with van der Waals surface area (Å²) in [4.78, 5) is 15.8. The van der Waals surface area contributed by atoms with Crippen molar-refractivity contribution >= 4 is 11.6 Å². The molecule has 18 heavy (non-hydrogen) atoms. The van der Waals surface area contributed by atoms with Gasteiger partial charge in [-0.2, -0.15) is 10.1 Å². The van der Waals surface area contributed by atoms with Gasteiger partial charge in [-0.3, -0.25) is 9.48 Å². The summed E-state index contributed by atoms with van der Waals surface area (Å²) in [6.45, 7) is 4.42. The van der Waals surface area contributed by atoms with Crippen molar-refractivity contribution in [3.05, 3.63) is 23.6 Å². The van der Waals surface area contributed by atoms with Crippen LogP contribution in [0.25, 0.3) is 0 Å². The Morgan fingerprint density at radius 3 is 2.94 bits per heavy atom. The second-order valence-electron chi connectivity index (χ2n) is 3.71. The number of aromatic nitrogens is 4. The number of nitrogens with two attached hydrogens (primary N) is 1. The van der Waals surface area contributed by atoms with E-state index in [0.717, 1.165) is 0 Å². The highest BCUT2D eigenvalue weighted by molar-refractivity contribution is 5.96. The van der Waals surface area contributed by atoms with E-state index in [1.165, 1.54) is 0 Å². The maximum atomic E-state index is 11.8. The highest BCUT2D eigenvalue weighted by Crippen LogP contribution is 2.09. The Morgan fingerprint density at radius 1 is 1.61 bits per heavy atom. The quantitative estimate of drug-likeness (QED) is 0.796. The van der Waals surface area contributed by atoms with Gasteiger partial charge in [-0.05, 0) is 13.8 Å². The van der Waals surface area contributed by atoms with Gasteiger partial charge in [0.2, 0.25) is 5.89 Å². The smallest absolute Gasteiger partial charge is 0.274 e. The van der Waals surface area contributed by atoms with Crippen molar-refractivity contribution in [3.8, 4) is 0 Å². The Labute approximate surface area is 103 Å². The summed E-state index contributed by atoms with van der Waals surface area (Å²) in [5.74, 6) is 0.499. The molecule has 0 aliphatic rings. The number of nitrogens with one attached hydrogen (secondary N) is 1. The second-order valence-corrected chi connectivity index (χ2v) is 3.71. The fourth-order valence-corrected chi connectivity index (χ4v) is 1.43. The highest BCUT2D eigenvalue weighted by Gasteiger charge is 2.15. The van der Waals surface area contributed by atoms with Gasteiger partial charge in [-0.1, -0.05) is 5.16 Å². The minimum atomic E-state index is -0.365. The average molecular weight is 250 g/mol. The summed E-state index contributed by atoms with van der Waals surface area (Å²) in [6.07, 6.45) is 1.62. The van der Waals surface area contributed by atoms with Crippen molar-refractivity contribution in [2.24, 2.45) is 0 Å². The zero-order valence-corrected chi connectivity index (χ0v) is 10.2. The Kier molecular flexibility index (Phi) is 3.26. The van der Waals surface area contributed by atoms with Gasteiger partial charge in [0, 0.05) is 12.7 Å². The van der Waals surface area contributed by atoms with E-state index in [9.17, 15) is 4.79 Å². The number of aryl methyl sites for hydroxylation is 2. The second kappa shape index (κ2) is 4.86. The van der Waals surface area contributed by atoms with Gasteiger partial charge >= 0.3 is 0 Å². The van der Waals surface area contributed by atoms with Crippen molar-refractivity contribution in [2.75, 3.05) is 5.73 Å². The van der Waals surface area contributed by atoms with E-state index in [2.05, 4.69) is 20.6 Å². The number of hydrogen-bond acceptors (Lipinski definition) is 6. The van der Waals surface area contributed by atoms with Crippen molar-refractivity contribution in [1.82, 2.24) is 25.2 Å². The van der Waals surface area contributed by atoms with Crippen LogP contribution in [0.4, 0.5) is 5.69 Å². The molecule has 2 aromatic rings. The molecular formula is C10H14N6O2. The Morgan fingerprint density at radius 2 is 2.39 bits per heavy atom. The molecule has 0 bridgehead atoms. The van der Waals surface area contributed by atoms with E-state index < -0.39 is 0 Å². The largest absolute Gasteiger partial charge is 0.396 e. The Hall–Kier alpha value is -2.38. The number of nitrogen functional groups attached to an aromatic ring is 1. The van der Waals surface area contributed by atoms with Crippen LogP contribution < -0.4 is 11.1 Å². The van der Waals surface area contributed by atoms with Crippen molar-refractivity contribution < 1.29 is 9.32 Å². The van der Waals surface area contributed by atoms with Crippen LogP contribution in [0.5, 0.6) is 0 Å². The summed E-state index contributed by atoms with van der Waals surface area (Å²) in [6, 6.07) is 0. The van der Waals surface area contributed by atoms with Crippen LogP contribution in [-0.4, -0.2) is 25.8 Å². The van der Waals surface area contributed by atoms with Crippen LogP contribution in [-0.2, 0) is 13.1 Å². The molecule has 2 heterocycles. The van der Waals surface area contributed by atoms with Crippen molar-refractivity contribution in [2.45, 2.75) is 26.9 Å². The van der Waals surface area contributed by atoms with Crippen LogP contribution in [0.15, 0.2) is 10.7 Å². The van der Waals surface area contributed by atoms with Gasteiger partial charge in [0.05, 0.1) is 12.2 Å². The monoisotopic (exact) mass is 250 g/mol. The molecule has 8 heteroatoms. The molecule has 0 radical (unpaired) electrons. The number of rotatable bonds is 4. The first-order valence-electron chi connectivity index (χ1n) is 5.50. The summed E-state index contributed by atoms with van der Waals surface area (Å²) < 4.78 is 6.47. The van der Waals surface area contributed by atoms with Crippen LogP contribution >= 0.6 is 0 Å². The van der Waals surface area contributed by atoms with E-state index in [1.54, 1.807) is 17.8 Å². The SMILES string of the molecule is CCn1cc(N)c(C(=O)NCc2nc(C)no2)n1. The van der Waals surface area contributed by atoms with Gasteiger partial charge < -0.3 is 15.6 Å². The average Bonchev–Trinajstić information content (AvgIpc) is 2.92. The van der Waals surface area contributed by atoms with Crippen molar-refractivity contribution in [1.29, 1.82) is 0 Å². The molecule has 0 aromatic carbocycles. The van der Waals surface area contributed by atoms with E-state index >= 15 is 0 Å². The van der Waals surface area contributed by atoms with Gasteiger partial charge in [0.25, 0.3) is 5.91 Å². The van der Waals surface area contributed by atoms with E-state index in [0.29, 0.717) is 23.9 Å². The first-order chi connectivity index (χ1) is 8.60. The predicted molar refractivity (Wildman–Crippen MR) is 62.5 cm³/mol. The number of amides is 1. The van der Waals surface area contributed by atoms with Crippen LogP contribution in [0, 0.1) is 6.92 Å². The first-order valence-corrected chi connectivity index (χ1v) is 5.50. The molecule has 0 saturated heterocycles. The molecule has 0 saturated carbocycles. The minimum absolute atomic E-state index is 0.151. The van der Waals surface area contributed by atoms with Crippen LogP contribution in [0.3, 0.4) is 0 Å². The van der Waals surface area contributed by atoms with Crippen LogP contribution in [0.2, 0.25) is 0 Å². The molecule has 0 aliphatic carbocycles. The normalized spacial score (nSPS) is 10.6. The lowest BCUT2D eigenvalue weighted by atomic mass is 10.3. The number of hydrogen-bond donors (Lipinski definition) is 2. The summed E-state index contributed by atoms with van der Waals surface area (Å²) in [5, 5.41) is 10.3. The molecule has 2 aromatic heterocycles. The van der Waals surface area contributed by atoms with Gasteiger partial charge in [-0.25, -0.2) is 0 Å². The lowest BCUT2D eigenvalue weighted by Gasteiger charge is -1.99. The minimum Gasteiger partial charge on any atom is -0.396 e. The molecule has 3 N–H and O–H groups in total. The summed E-state index contributed by atoms with van der Waals surface area (Å²) in [7, 11) is 0. The molecule has 8 nitrogen and oxygen atoms in total. The molecule has 1 amide bonds. The van der Waals surface area contributed by atoms with E-state index in [4.69, 9.17) is 10.3 Å². The number of carbonyl (C=O) groups is 1. The molecule has 0 fully saturated rings. The van der Waals surface area contributed by atoms with Gasteiger partial charge in [0.15, 0.2) is 11.5 Å². The first kappa shape index (κ1) is 12.1. The third kappa shape index (κ3) is 2.47. The van der Waals surface area contributed by atoms with Gasteiger partial charge in [0.1, 0.15) is 0 Å². The zero-order chi connectivity index (χ0) is 13.1. The van der Waals surface area contributed by atoms with Gasteiger partial charge in [-0.15, -0.1) is 0 Å². The Balaban J connectivity index is 2.01. The maximum Gasteiger partial charge on any atom is 0.274 e. The molecule has 0 atom stereocenters. The fraction of sp³-hybridized carbons (Fsp3) is 0.400. The Bertz CT molecular complexity index is 558. The van der Waals surface area contributed by atoms with E-state index in [1.807, 2.05) is 6.92 Å². The lowest BCUT2D eigenvalue weighted by molar-refractivity contribution is 0.0941. The summed E-state index contributed by atoms with van der Waals surface area (Å²) in [5.41, 5.74) is 6.24. The molecule has 96 valence electrons. The number of anilines is 1. The molecule has 0 aliphatic heterocycles. The number of nitrogens with zero attached hydrogens (tertiary/aromatic N) is 4. The third-order valence-corrected chi connectivity index (χ3v) is 2.30.